The predicted octanol–water partition coefficient (Wildman–Crippen LogP) is 2.68. The third kappa shape index (κ3) is 3.09. The number of anilines is 1. The van der Waals surface area contributed by atoms with Gasteiger partial charge in [0.25, 0.3) is 0 Å². The molecule has 3 aliphatic heterocycles. The molecule has 158 valence electrons. The number of aliphatic hydroxyl groups is 1. The van der Waals surface area contributed by atoms with Gasteiger partial charge in [0.1, 0.15) is 0 Å². The van der Waals surface area contributed by atoms with E-state index in [0.717, 1.165) is 34.7 Å². The number of carbonyl (C=O) groups is 1. The number of nitrogens with one attached hydrogen (secondary N) is 1. The molecule has 7 nitrogen and oxygen atoms in total. The van der Waals surface area contributed by atoms with Crippen molar-refractivity contribution >= 4 is 11.7 Å². The zero-order valence-electron chi connectivity index (χ0n) is 17.1. The highest BCUT2D eigenvalue weighted by Crippen LogP contribution is 2.49. The topological polar surface area (TPSA) is 74.3 Å². The Hall–Kier alpha value is -2.77. The number of carbonyl (C=O) groups excluding carboxylic acids is 1. The van der Waals surface area contributed by atoms with Crippen LogP contribution in [-0.2, 0) is 6.54 Å². The molecule has 5 rings (SSSR count). The van der Waals surface area contributed by atoms with Crippen molar-refractivity contribution in [3.05, 3.63) is 53.6 Å². The summed E-state index contributed by atoms with van der Waals surface area (Å²) in [6.07, 6.45) is 0.899. The van der Waals surface area contributed by atoms with E-state index in [1.165, 1.54) is 0 Å². The number of hydrogen-bond acceptors (Lipinski definition) is 5. The Morgan fingerprint density at radius 2 is 2.03 bits per heavy atom. The number of ether oxygens (including phenoxy) is 2. The number of aliphatic hydroxyl groups excluding tert-OH is 1. The van der Waals surface area contributed by atoms with Crippen molar-refractivity contribution in [3.8, 4) is 11.5 Å². The monoisotopic (exact) mass is 409 g/mol. The maximum absolute atomic E-state index is 12.9. The van der Waals surface area contributed by atoms with Gasteiger partial charge in [0.05, 0.1) is 6.61 Å². The van der Waals surface area contributed by atoms with Gasteiger partial charge >= 0.3 is 6.03 Å². The van der Waals surface area contributed by atoms with Crippen LogP contribution < -0.4 is 19.7 Å². The lowest BCUT2D eigenvalue weighted by Gasteiger charge is -2.59. The largest absolute Gasteiger partial charge is 0.454 e. The van der Waals surface area contributed by atoms with Crippen molar-refractivity contribution in [2.24, 2.45) is 0 Å². The van der Waals surface area contributed by atoms with Gasteiger partial charge in [-0.05, 0) is 35.7 Å². The van der Waals surface area contributed by atoms with Crippen LogP contribution in [0.3, 0.4) is 0 Å². The van der Waals surface area contributed by atoms with E-state index >= 15 is 0 Å². The molecular formula is C23H27N3O4. The van der Waals surface area contributed by atoms with Gasteiger partial charge in [-0.25, -0.2) is 4.79 Å². The van der Waals surface area contributed by atoms with Gasteiger partial charge in [-0.1, -0.05) is 31.2 Å². The molecular weight excluding hydrogens is 382 g/mol. The van der Waals surface area contributed by atoms with E-state index in [1.54, 1.807) is 0 Å². The number of para-hydroxylation sites is 1. The molecule has 0 radical (unpaired) electrons. The third-order valence-electron chi connectivity index (χ3n) is 6.40. The lowest BCUT2D eigenvalue weighted by Crippen LogP contribution is -2.69. The summed E-state index contributed by atoms with van der Waals surface area (Å²) in [5, 5.41) is 13.2. The fourth-order valence-corrected chi connectivity index (χ4v) is 4.97. The minimum atomic E-state index is -0.0572. The number of nitrogens with zero attached hydrogens (tertiary/aromatic N) is 2. The van der Waals surface area contributed by atoms with Crippen molar-refractivity contribution in [1.29, 1.82) is 0 Å². The van der Waals surface area contributed by atoms with Crippen LogP contribution in [0.25, 0.3) is 0 Å². The summed E-state index contributed by atoms with van der Waals surface area (Å²) in [7, 11) is 0. The van der Waals surface area contributed by atoms with E-state index < -0.39 is 0 Å². The molecule has 0 aliphatic carbocycles. The Kier molecular flexibility index (Phi) is 5.00. The smallest absolute Gasteiger partial charge is 0.321 e. The van der Waals surface area contributed by atoms with E-state index in [9.17, 15) is 9.90 Å². The lowest BCUT2D eigenvalue weighted by molar-refractivity contribution is -0.0485. The number of fused-ring (bicyclic) bond motifs is 4. The van der Waals surface area contributed by atoms with Gasteiger partial charge in [-0.15, -0.1) is 0 Å². The van der Waals surface area contributed by atoms with Gasteiger partial charge in [0, 0.05) is 43.3 Å². The molecule has 0 saturated carbocycles. The summed E-state index contributed by atoms with van der Waals surface area (Å²) in [6, 6.07) is 14.2. The Morgan fingerprint density at radius 1 is 1.20 bits per heavy atom. The van der Waals surface area contributed by atoms with Crippen LogP contribution in [0.5, 0.6) is 11.5 Å². The highest BCUT2D eigenvalue weighted by atomic mass is 16.7. The van der Waals surface area contributed by atoms with Gasteiger partial charge in [0.2, 0.25) is 6.79 Å². The molecule has 30 heavy (non-hydrogen) atoms. The van der Waals surface area contributed by atoms with Crippen molar-refractivity contribution in [3.63, 3.8) is 0 Å². The number of urea groups is 1. The van der Waals surface area contributed by atoms with Crippen LogP contribution in [0.1, 0.15) is 30.4 Å². The summed E-state index contributed by atoms with van der Waals surface area (Å²) in [4.78, 5) is 17.0. The molecule has 2 aromatic rings. The van der Waals surface area contributed by atoms with Crippen LogP contribution in [-0.4, -0.2) is 54.6 Å². The van der Waals surface area contributed by atoms with E-state index in [1.807, 2.05) is 48.2 Å². The first kappa shape index (κ1) is 19.2. The molecule has 0 bridgehead atoms. The molecule has 2 N–H and O–H groups in total. The Labute approximate surface area is 176 Å². The maximum Gasteiger partial charge on any atom is 0.321 e. The molecule has 3 aliphatic rings. The summed E-state index contributed by atoms with van der Waals surface area (Å²) in [5.74, 6) is 1.75. The molecule has 7 heteroatoms. The molecule has 1 fully saturated rings. The molecule has 0 aromatic heterocycles. The zero-order valence-corrected chi connectivity index (χ0v) is 17.1. The fraction of sp³-hybridized carbons (Fsp3) is 0.435. The minimum absolute atomic E-state index is 0.0300. The molecule has 0 spiro atoms. The van der Waals surface area contributed by atoms with Crippen molar-refractivity contribution in [1.82, 2.24) is 10.2 Å². The van der Waals surface area contributed by atoms with E-state index in [-0.39, 0.29) is 37.4 Å². The quantitative estimate of drug-likeness (QED) is 0.794. The predicted molar refractivity (Wildman–Crippen MR) is 113 cm³/mol. The van der Waals surface area contributed by atoms with Gasteiger partial charge in [-0.3, -0.25) is 9.80 Å². The van der Waals surface area contributed by atoms with Crippen molar-refractivity contribution < 1.29 is 19.4 Å². The SMILES string of the molecule is CCCNC(=O)N1C[C@H]2[C@@H](c3ccccc31)[C@@H](CO)N2Cc1ccc2c(c1)OCO2. The normalized spacial score (nSPS) is 24.1. The Bertz CT molecular complexity index is 950. The lowest BCUT2D eigenvalue weighted by atomic mass is 9.72. The standard InChI is InChI=1S/C23H27N3O4/c1-2-9-24-23(28)26-12-18-22(16-5-3-4-6-17(16)26)19(13-27)25(18)11-15-7-8-20-21(10-15)30-14-29-20/h3-8,10,18-19,22,27H,2,9,11-14H2,1H3,(H,24,28)/t18-,19+,22+/m0/s1. The molecule has 0 unspecified atom stereocenters. The summed E-state index contributed by atoms with van der Waals surface area (Å²) in [6.45, 7) is 4.35. The molecule has 2 amide bonds. The summed E-state index contributed by atoms with van der Waals surface area (Å²) >= 11 is 0. The first-order valence-corrected chi connectivity index (χ1v) is 10.6. The van der Waals surface area contributed by atoms with E-state index in [4.69, 9.17) is 9.47 Å². The zero-order chi connectivity index (χ0) is 20.7. The number of hydrogen-bond donors (Lipinski definition) is 2. The summed E-state index contributed by atoms with van der Waals surface area (Å²) < 4.78 is 10.9. The molecule has 3 atom stereocenters. The first-order valence-electron chi connectivity index (χ1n) is 10.6. The maximum atomic E-state index is 12.9. The van der Waals surface area contributed by atoms with Crippen LogP contribution in [0, 0.1) is 0 Å². The number of rotatable bonds is 5. The average molecular weight is 409 g/mol. The van der Waals surface area contributed by atoms with Crippen molar-refractivity contribution in [2.75, 3.05) is 31.4 Å². The van der Waals surface area contributed by atoms with Crippen LogP contribution in [0.2, 0.25) is 0 Å². The average Bonchev–Trinajstić information content (AvgIpc) is 3.23. The number of benzene rings is 2. The number of amides is 2. The Morgan fingerprint density at radius 3 is 2.87 bits per heavy atom. The first-order chi connectivity index (χ1) is 14.7. The number of likely N-dealkylation sites (tertiary alicyclic amines) is 1. The van der Waals surface area contributed by atoms with Crippen LogP contribution in [0.4, 0.5) is 10.5 Å². The third-order valence-corrected chi connectivity index (χ3v) is 6.40. The highest BCUT2D eigenvalue weighted by Gasteiger charge is 2.53. The van der Waals surface area contributed by atoms with Gasteiger partial charge in [0.15, 0.2) is 11.5 Å². The van der Waals surface area contributed by atoms with E-state index in [0.29, 0.717) is 19.6 Å². The second-order valence-electron chi connectivity index (χ2n) is 8.10. The second-order valence-corrected chi connectivity index (χ2v) is 8.10. The van der Waals surface area contributed by atoms with Gasteiger partial charge < -0.3 is 19.9 Å². The highest BCUT2D eigenvalue weighted by molar-refractivity contribution is 5.94. The molecule has 2 aromatic carbocycles. The Balaban J connectivity index is 1.42. The molecule has 1 saturated heterocycles. The minimum Gasteiger partial charge on any atom is -0.454 e. The van der Waals surface area contributed by atoms with Crippen LogP contribution in [0.15, 0.2) is 42.5 Å². The van der Waals surface area contributed by atoms with E-state index in [2.05, 4.69) is 16.3 Å². The van der Waals surface area contributed by atoms with Crippen LogP contribution >= 0.6 is 0 Å². The van der Waals surface area contributed by atoms with Crippen molar-refractivity contribution in [2.45, 2.75) is 37.9 Å². The molecule has 3 heterocycles. The fourth-order valence-electron chi connectivity index (χ4n) is 4.97. The van der Waals surface area contributed by atoms with Gasteiger partial charge in [-0.2, -0.15) is 0 Å². The summed E-state index contributed by atoms with van der Waals surface area (Å²) in [5.41, 5.74) is 3.20. The second kappa shape index (κ2) is 7.81.